The van der Waals surface area contributed by atoms with Gasteiger partial charge in [-0.05, 0) is 12.1 Å². The van der Waals surface area contributed by atoms with E-state index in [1.807, 2.05) is 0 Å². The zero-order chi connectivity index (χ0) is 12.3. The molecule has 7 nitrogen and oxygen atoms in total. The number of anilines is 2. The third-order valence-corrected chi connectivity index (χ3v) is 2.08. The number of nitrogens with zero attached hydrogens (tertiary/aromatic N) is 3. The number of nitrogens with two attached hydrogens (primary N) is 1. The maximum Gasteiger partial charge on any atom is 0.238 e. The van der Waals surface area contributed by atoms with E-state index in [0.717, 1.165) is 0 Å². The minimum atomic E-state index is 0.388. The van der Waals surface area contributed by atoms with E-state index >= 15 is 0 Å². The molecule has 2 heterocycles. The molecule has 0 atom stereocenters. The highest BCUT2D eigenvalue weighted by Gasteiger charge is 2.05. The quantitative estimate of drug-likeness (QED) is 0.814. The van der Waals surface area contributed by atoms with E-state index < -0.39 is 0 Å². The number of rotatable bonds is 4. The van der Waals surface area contributed by atoms with Gasteiger partial charge in [0.2, 0.25) is 11.8 Å². The number of nitrogen functional groups attached to an aromatic ring is 1. The molecule has 0 unspecified atom stereocenters. The summed E-state index contributed by atoms with van der Waals surface area (Å²) in [4.78, 5) is 8.23. The molecule has 0 fully saturated rings. The van der Waals surface area contributed by atoms with E-state index in [1.54, 1.807) is 19.1 Å². The molecule has 17 heavy (non-hydrogen) atoms. The number of methoxy groups -OCH3 is 1. The Hall–Kier alpha value is -2.31. The van der Waals surface area contributed by atoms with Gasteiger partial charge in [-0.15, -0.1) is 0 Å². The summed E-state index contributed by atoms with van der Waals surface area (Å²) in [6.07, 6.45) is 0. The van der Waals surface area contributed by atoms with Crippen molar-refractivity contribution in [2.24, 2.45) is 0 Å². The number of hydrogen-bond acceptors (Lipinski definition) is 7. The number of hydrogen-bond donors (Lipinski definition) is 2. The molecule has 0 bridgehead atoms. The monoisotopic (exact) mass is 235 g/mol. The number of nitrogens with one attached hydrogen (secondary N) is 1. The van der Waals surface area contributed by atoms with Crippen LogP contribution in [0.15, 0.2) is 16.7 Å². The van der Waals surface area contributed by atoms with Gasteiger partial charge in [-0.25, -0.2) is 0 Å². The fourth-order valence-corrected chi connectivity index (χ4v) is 1.30. The Labute approximate surface area is 98.0 Å². The van der Waals surface area contributed by atoms with Crippen molar-refractivity contribution in [1.29, 1.82) is 0 Å². The first kappa shape index (κ1) is 11.2. The van der Waals surface area contributed by atoms with E-state index in [1.165, 1.54) is 7.11 Å². The third-order valence-electron chi connectivity index (χ3n) is 2.08. The molecule has 2 aromatic heterocycles. The van der Waals surface area contributed by atoms with Crippen molar-refractivity contribution in [3.63, 3.8) is 0 Å². The van der Waals surface area contributed by atoms with Crippen molar-refractivity contribution in [1.82, 2.24) is 15.1 Å². The molecule has 0 aliphatic heterocycles. The molecule has 0 saturated carbocycles. The predicted octanol–water partition coefficient (Wildman–Crippen LogP) is 0.976. The van der Waals surface area contributed by atoms with Crippen molar-refractivity contribution >= 4 is 11.5 Å². The van der Waals surface area contributed by atoms with Crippen molar-refractivity contribution in [2.45, 2.75) is 13.5 Å². The molecule has 2 rings (SSSR count). The van der Waals surface area contributed by atoms with Crippen molar-refractivity contribution in [3.05, 3.63) is 23.8 Å². The lowest BCUT2D eigenvalue weighted by Gasteiger charge is -2.06. The molecule has 7 heteroatoms. The van der Waals surface area contributed by atoms with Gasteiger partial charge in [0.1, 0.15) is 5.82 Å². The van der Waals surface area contributed by atoms with Crippen LogP contribution in [0.25, 0.3) is 0 Å². The lowest BCUT2D eigenvalue weighted by atomic mass is 10.4. The van der Waals surface area contributed by atoms with Crippen LogP contribution in [0.1, 0.15) is 11.7 Å². The van der Waals surface area contributed by atoms with Gasteiger partial charge < -0.3 is 20.3 Å². The second kappa shape index (κ2) is 4.69. The molecular formula is C10H13N5O2. The molecule has 90 valence electrons. The normalized spacial score (nSPS) is 10.2. The molecule has 0 spiro atoms. The van der Waals surface area contributed by atoms with Gasteiger partial charge in [0.05, 0.1) is 19.3 Å². The van der Waals surface area contributed by atoms with Gasteiger partial charge in [-0.2, -0.15) is 9.97 Å². The Bertz CT molecular complexity index is 511. The molecule has 3 N–H and O–H groups in total. The van der Waals surface area contributed by atoms with Crippen molar-refractivity contribution in [2.75, 3.05) is 18.2 Å². The van der Waals surface area contributed by atoms with Crippen LogP contribution in [-0.4, -0.2) is 22.2 Å². The maximum atomic E-state index is 5.66. The Morgan fingerprint density at radius 1 is 1.41 bits per heavy atom. The first-order chi connectivity index (χ1) is 8.19. The fraction of sp³-hybridized carbons (Fsp3) is 0.300. The topological polar surface area (TPSA) is 99.1 Å². The van der Waals surface area contributed by atoms with E-state index in [0.29, 0.717) is 35.6 Å². The number of pyridine rings is 1. The summed E-state index contributed by atoms with van der Waals surface area (Å²) >= 11 is 0. The van der Waals surface area contributed by atoms with E-state index in [4.69, 9.17) is 15.0 Å². The van der Waals surface area contributed by atoms with E-state index in [9.17, 15) is 0 Å². The van der Waals surface area contributed by atoms with Gasteiger partial charge in [0.15, 0.2) is 5.82 Å². The average Bonchev–Trinajstić information content (AvgIpc) is 2.74. The minimum absolute atomic E-state index is 0.388. The van der Waals surface area contributed by atoms with Gasteiger partial charge >= 0.3 is 0 Å². The summed E-state index contributed by atoms with van der Waals surface area (Å²) in [5.74, 6) is 2.13. The summed E-state index contributed by atoms with van der Waals surface area (Å²) in [7, 11) is 1.52. The van der Waals surface area contributed by atoms with E-state index in [-0.39, 0.29) is 0 Å². The minimum Gasteiger partial charge on any atom is -0.479 e. The molecule has 0 aliphatic rings. The first-order valence-corrected chi connectivity index (χ1v) is 5.02. The number of ether oxygens (including phenoxy) is 1. The van der Waals surface area contributed by atoms with Crippen LogP contribution < -0.4 is 15.8 Å². The largest absolute Gasteiger partial charge is 0.479 e. The molecular weight excluding hydrogens is 222 g/mol. The molecule has 0 aromatic carbocycles. The van der Waals surface area contributed by atoms with Crippen LogP contribution in [0.2, 0.25) is 0 Å². The molecule has 0 saturated heterocycles. The highest BCUT2D eigenvalue weighted by atomic mass is 16.5. The highest BCUT2D eigenvalue weighted by Crippen LogP contribution is 2.20. The zero-order valence-electron chi connectivity index (χ0n) is 9.60. The second-order valence-electron chi connectivity index (χ2n) is 3.38. The lowest BCUT2D eigenvalue weighted by Crippen LogP contribution is -2.04. The molecule has 2 aromatic rings. The predicted molar refractivity (Wildman–Crippen MR) is 61.6 cm³/mol. The smallest absolute Gasteiger partial charge is 0.238 e. The van der Waals surface area contributed by atoms with Crippen LogP contribution in [0.5, 0.6) is 5.88 Å². The summed E-state index contributed by atoms with van der Waals surface area (Å²) in [6, 6.07) is 3.47. The summed E-state index contributed by atoms with van der Waals surface area (Å²) in [6.45, 7) is 2.17. The van der Waals surface area contributed by atoms with Gasteiger partial charge in [0.25, 0.3) is 0 Å². The first-order valence-electron chi connectivity index (χ1n) is 5.02. The van der Waals surface area contributed by atoms with Crippen molar-refractivity contribution in [3.8, 4) is 5.88 Å². The summed E-state index contributed by atoms with van der Waals surface area (Å²) in [5.41, 5.74) is 6.15. The fourth-order valence-electron chi connectivity index (χ4n) is 1.30. The zero-order valence-corrected chi connectivity index (χ0v) is 9.60. The third kappa shape index (κ3) is 2.63. The molecule has 0 aliphatic carbocycles. The van der Waals surface area contributed by atoms with Crippen LogP contribution in [0, 0.1) is 6.92 Å². The maximum absolute atomic E-state index is 5.66. The average molecular weight is 235 g/mol. The Kier molecular flexibility index (Phi) is 3.08. The van der Waals surface area contributed by atoms with Crippen LogP contribution >= 0.6 is 0 Å². The Balaban J connectivity index is 2.04. The Morgan fingerprint density at radius 3 is 2.88 bits per heavy atom. The Morgan fingerprint density at radius 2 is 2.24 bits per heavy atom. The van der Waals surface area contributed by atoms with E-state index in [2.05, 4.69) is 20.4 Å². The van der Waals surface area contributed by atoms with Crippen LogP contribution in [0.3, 0.4) is 0 Å². The summed E-state index contributed by atoms with van der Waals surface area (Å²) in [5, 5.41) is 6.80. The summed E-state index contributed by atoms with van der Waals surface area (Å²) < 4.78 is 9.87. The van der Waals surface area contributed by atoms with Gasteiger partial charge in [0, 0.05) is 6.92 Å². The standard InChI is InChI=1S/C10H13N5O2/c1-6-13-9(15-17-6)5-12-8-4-3-7(11)10(14-8)16-2/h3-4H,5,11H2,1-2H3,(H,12,14). The number of aryl methyl sites for hydroxylation is 1. The SMILES string of the molecule is COc1nc(NCc2noc(C)n2)ccc1N. The molecule has 0 amide bonds. The van der Waals surface area contributed by atoms with Crippen LogP contribution in [-0.2, 0) is 6.54 Å². The number of aromatic nitrogens is 3. The second-order valence-corrected chi connectivity index (χ2v) is 3.38. The molecule has 0 radical (unpaired) electrons. The van der Waals surface area contributed by atoms with Crippen molar-refractivity contribution < 1.29 is 9.26 Å². The highest BCUT2D eigenvalue weighted by molar-refractivity contribution is 5.53. The van der Waals surface area contributed by atoms with Gasteiger partial charge in [-0.3, -0.25) is 0 Å². The van der Waals surface area contributed by atoms with Gasteiger partial charge in [-0.1, -0.05) is 5.16 Å². The van der Waals surface area contributed by atoms with Crippen LogP contribution in [0.4, 0.5) is 11.5 Å². The lowest BCUT2D eigenvalue weighted by molar-refractivity contribution is 0.388.